The number of carbonyl (C=O) groups excluding carboxylic acids is 1. The molecule has 0 unspecified atom stereocenters. The van der Waals surface area contributed by atoms with Gasteiger partial charge < -0.3 is 10.1 Å². The van der Waals surface area contributed by atoms with E-state index in [1.807, 2.05) is 19.9 Å². The first-order valence-corrected chi connectivity index (χ1v) is 7.72. The highest BCUT2D eigenvalue weighted by Crippen LogP contribution is 2.21. The minimum Gasteiger partial charge on any atom is -0.484 e. The normalized spacial score (nSPS) is 10.3. The fourth-order valence-corrected chi connectivity index (χ4v) is 2.42. The molecule has 2 aromatic rings. The van der Waals surface area contributed by atoms with Crippen molar-refractivity contribution in [1.82, 2.24) is 4.98 Å². The predicted molar refractivity (Wildman–Crippen MR) is 92.0 cm³/mol. The van der Waals surface area contributed by atoms with Gasteiger partial charge in [-0.25, -0.2) is 4.98 Å². The first-order chi connectivity index (χ1) is 9.95. The van der Waals surface area contributed by atoms with Crippen LogP contribution in [-0.2, 0) is 4.79 Å². The lowest BCUT2D eigenvalue weighted by molar-refractivity contribution is -0.118. The zero-order valence-electron chi connectivity index (χ0n) is 11.6. The number of carbonyl (C=O) groups is 1. The monoisotopic (exact) mass is 416 g/mol. The quantitative estimate of drug-likeness (QED) is 0.767. The van der Waals surface area contributed by atoms with Crippen LogP contribution in [0.15, 0.2) is 30.5 Å². The van der Waals surface area contributed by atoms with E-state index in [9.17, 15) is 4.79 Å². The summed E-state index contributed by atoms with van der Waals surface area (Å²) in [5.41, 5.74) is 1.82. The van der Waals surface area contributed by atoms with Crippen molar-refractivity contribution in [2.45, 2.75) is 13.8 Å². The molecular weight excluding hydrogens is 403 g/mol. The average Bonchev–Trinajstić information content (AvgIpc) is 2.43. The molecule has 4 nitrogen and oxygen atoms in total. The molecule has 2 rings (SSSR count). The molecule has 1 N–H and O–H groups in total. The Morgan fingerprint density at radius 3 is 2.76 bits per heavy atom. The lowest BCUT2D eigenvalue weighted by atomic mass is 10.2. The minimum absolute atomic E-state index is 0.0752. The summed E-state index contributed by atoms with van der Waals surface area (Å²) in [5.74, 6) is 0.912. The molecule has 1 aromatic heterocycles. The molecule has 0 saturated carbocycles. The Hall–Kier alpha value is -1.34. The van der Waals surface area contributed by atoms with Crippen molar-refractivity contribution in [3.8, 4) is 5.75 Å². The Kier molecular flexibility index (Phi) is 5.41. The number of benzene rings is 1. The van der Waals surface area contributed by atoms with Gasteiger partial charge in [0.15, 0.2) is 6.61 Å². The van der Waals surface area contributed by atoms with Crippen molar-refractivity contribution in [3.63, 3.8) is 0 Å². The number of hydrogen-bond acceptors (Lipinski definition) is 3. The Morgan fingerprint density at radius 2 is 2.10 bits per heavy atom. The van der Waals surface area contributed by atoms with E-state index in [1.54, 1.807) is 24.4 Å². The first kappa shape index (κ1) is 16.0. The molecule has 21 heavy (non-hydrogen) atoms. The number of amides is 1. The van der Waals surface area contributed by atoms with Gasteiger partial charge in [-0.3, -0.25) is 4.79 Å². The van der Waals surface area contributed by atoms with E-state index in [-0.39, 0.29) is 12.5 Å². The van der Waals surface area contributed by atoms with Gasteiger partial charge in [-0.1, -0.05) is 11.6 Å². The first-order valence-electron chi connectivity index (χ1n) is 6.26. The van der Waals surface area contributed by atoms with Gasteiger partial charge in [0.05, 0.1) is 0 Å². The van der Waals surface area contributed by atoms with E-state index in [0.29, 0.717) is 16.6 Å². The summed E-state index contributed by atoms with van der Waals surface area (Å²) in [7, 11) is 0. The Bertz CT molecular complexity index is 677. The number of hydrogen-bond donors (Lipinski definition) is 1. The van der Waals surface area contributed by atoms with Crippen molar-refractivity contribution >= 4 is 45.9 Å². The van der Waals surface area contributed by atoms with Crippen LogP contribution in [0.5, 0.6) is 5.75 Å². The van der Waals surface area contributed by atoms with E-state index in [4.69, 9.17) is 16.3 Å². The maximum Gasteiger partial charge on any atom is 0.263 e. The molecule has 0 aliphatic rings. The number of pyridine rings is 1. The van der Waals surface area contributed by atoms with Crippen molar-refractivity contribution in [2.24, 2.45) is 0 Å². The number of nitrogens with one attached hydrogen (secondary N) is 1. The maximum atomic E-state index is 11.9. The summed E-state index contributed by atoms with van der Waals surface area (Å²) in [5, 5.41) is 3.40. The van der Waals surface area contributed by atoms with Gasteiger partial charge in [0.25, 0.3) is 5.91 Å². The van der Waals surface area contributed by atoms with Crippen molar-refractivity contribution in [1.29, 1.82) is 0 Å². The van der Waals surface area contributed by atoms with Crippen molar-refractivity contribution < 1.29 is 9.53 Å². The summed E-state index contributed by atoms with van der Waals surface area (Å²) in [6.07, 6.45) is 1.70. The highest BCUT2D eigenvalue weighted by atomic mass is 127. The number of aryl methyl sites for hydroxylation is 2. The zero-order chi connectivity index (χ0) is 15.4. The third-order valence-electron chi connectivity index (χ3n) is 2.80. The number of nitrogens with zero attached hydrogens (tertiary/aromatic N) is 1. The van der Waals surface area contributed by atoms with Crippen LogP contribution in [0.1, 0.15) is 11.1 Å². The van der Waals surface area contributed by atoms with Crippen molar-refractivity contribution in [3.05, 3.63) is 50.2 Å². The van der Waals surface area contributed by atoms with Crippen LogP contribution in [0.3, 0.4) is 0 Å². The molecule has 0 fully saturated rings. The predicted octanol–water partition coefficient (Wildman–Crippen LogP) is 3.97. The molecule has 0 spiro atoms. The molecule has 1 aromatic carbocycles. The lowest BCUT2D eigenvalue weighted by Gasteiger charge is -2.09. The van der Waals surface area contributed by atoms with Gasteiger partial charge >= 0.3 is 0 Å². The summed E-state index contributed by atoms with van der Waals surface area (Å²) in [4.78, 5) is 16.1. The van der Waals surface area contributed by atoms with Gasteiger partial charge in [0.2, 0.25) is 0 Å². The van der Waals surface area contributed by atoms with Gasteiger partial charge in [0, 0.05) is 14.8 Å². The van der Waals surface area contributed by atoms with Gasteiger partial charge in [-0.05, 0) is 71.8 Å². The van der Waals surface area contributed by atoms with Crippen LogP contribution in [-0.4, -0.2) is 17.5 Å². The summed E-state index contributed by atoms with van der Waals surface area (Å²) >= 11 is 8.11. The van der Waals surface area contributed by atoms with Gasteiger partial charge in [-0.2, -0.15) is 0 Å². The molecule has 0 bridgehead atoms. The Morgan fingerprint density at radius 1 is 1.33 bits per heavy atom. The Balaban J connectivity index is 1.94. The molecular formula is C15H14ClIN2O2. The van der Waals surface area contributed by atoms with E-state index < -0.39 is 0 Å². The molecule has 1 amide bonds. The molecule has 0 saturated heterocycles. The molecule has 1 heterocycles. The highest BCUT2D eigenvalue weighted by Gasteiger charge is 2.08. The van der Waals surface area contributed by atoms with Crippen LogP contribution in [0, 0.1) is 17.4 Å². The average molecular weight is 417 g/mol. The second-order valence-electron chi connectivity index (χ2n) is 4.57. The molecule has 0 radical (unpaired) electrons. The van der Waals surface area contributed by atoms with Crippen LogP contribution < -0.4 is 10.1 Å². The highest BCUT2D eigenvalue weighted by molar-refractivity contribution is 14.1. The molecule has 110 valence electrons. The number of ether oxygens (including phenoxy) is 1. The number of aromatic nitrogens is 1. The molecule has 0 atom stereocenters. The number of anilines is 1. The molecule has 0 aliphatic heterocycles. The van der Waals surface area contributed by atoms with Gasteiger partial charge in [-0.15, -0.1) is 0 Å². The number of rotatable bonds is 4. The third-order valence-corrected chi connectivity index (χ3v) is 3.82. The molecule has 6 heteroatoms. The van der Waals surface area contributed by atoms with Gasteiger partial charge in [0.1, 0.15) is 11.6 Å². The Labute approximate surface area is 142 Å². The molecule has 0 aliphatic carbocycles. The smallest absolute Gasteiger partial charge is 0.263 e. The fraction of sp³-hybridized carbons (Fsp3) is 0.200. The standard InChI is InChI=1S/C15H14ClIN2O2/c1-9-6-12(3-4-13(9)16)21-8-14(20)19-15-10(2)5-11(17)7-18-15/h3-7H,8H2,1-2H3,(H,18,19,20). The summed E-state index contributed by atoms with van der Waals surface area (Å²) in [6.45, 7) is 3.70. The summed E-state index contributed by atoms with van der Waals surface area (Å²) < 4.78 is 6.46. The van der Waals surface area contributed by atoms with E-state index in [0.717, 1.165) is 14.7 Å². The second-order valence-corrected chi connectivity index (χ2v) is 6.22. The number of halogens is 2. The lowest BCUT2D eigenvalue weighted by Crippen LogP contribution is -2.21. The van der Waals surface area contributed by atoms with Crippen LogP contribution in [0.4, 0.5) is 5.82 Å². The van der Waals surface area contributed by atoms with Crippen LogP contribution in [0.25, 0.3) is 0 Å². The fourth-order valence-electron chi connectivity index (χ4n) is 1.70. The topological polar surface area (TPSA) is 51.2 Å². The minimum atomic E-state index is -0.251. The third kappa shape index (κ3) is 4.57. The van der Waals surface area contributed by atoms with Crippen LogP contribution in [0.2, 0.25) is 5.02 Å². The van der Waals surface area contributed by atoms with E-state index >= 15 is 0 Å². The maximum absolute atomic E-state index is 11.9. The van der Waals surface area contributed by atoms with E-state index in [2.05, 4.69) is 32.9 Å². The largest absolute Gasteiger partial charge is 0.484 e. The summed E-state index contributed by atoms with van der Waals surface area (Å²) in [6, 6.07) is 7.22. The van der Waals surface area contributed by atoms with Crippen molar-refractivity contribution in [2.75, 3.05) is 11.9 Å². The van der Waals surface area contributed by atoms with Crippen LogP contribution >= 0.6 is 34.2 Å². The van der Waals surface area contributed by atoms with E-state index in [1.165, 1.54) is 0 Å². The second kappa shape index (κ2) is 7.09. The zero-order valence-corrected chi connectivity index (χ0v) is 14.5. The SMILES string of the molecule is Cc1cc(OCC(=O)Nc2ncc(I)cc2C)ccc1Cl.